The van der Waals surface area contributed by atoms with Gasteiger partial charge in [0.15, 0.2) is 6.10 Å². The van der Waals surface area contributed by atoms with Crippen molar-refractivity contribution in [3.05, 3.63) is 12.7 Å². The van der Waals surface area contributed by atoms with Crippen LogP contribution >= 0.6 is 0 Å². The van der Waals surface area contributed by atoms with Crippen molar-refractivity contribution in [3.8, 4) is 0 Å². The minimum absolute atomic E-state index is 0.0907. The van der Waals surface area contributed by atoms with E-state index in [1.165, 1.54) is 11.9 Å². The molecule has 3 N–H and O–H groups in total. The number of carboxylic acids is 1. The summed E-state index contributed by atoms with van der Waals surface area (Å²) in [4.78, 5) is 48.8. The largest absolute Gasteiger partial charge is 0.480 e. The summed E-state index contributed by atoms with van der Waals surface area (Å²) in [7, 11) is 0. The summed E-state index contributed by atoms with van der Waals surface area (Å²) in [6.07, 6.45) is 3.31. The van der Waals surface area contributed by atoms with E-state index in [4.69, 9.17) is 9.84 Å². The van der Waals surface area contributed by atoms with Crippen molar-refractivity contribution in [1.29, 1.82) is 0 Å². The fourth-order valence-corrected chi connectivity index (χ4v) is 3.34. The monoisotopic (exact) mass is 439 g/mol. The second-order valence-electron chi connectivity index (χ2n) is 9.19. The molecule has 0 aliphatic carbocycles. The van der Waals surface area contributed by atoms with Gasteiger partial charge in [0.25, 0.3) is 11.8 Å². The van der Waals surface area contributed by atoms with Gasteiger partial charge in [-0.15, -0.1) is 6.58 Å². The van der Waals surface area contributed by atoms with E-state index in [-0.39, 0.29) is 17.8 Å². The van der Waals surface area contributed by atoms with Crippen LogP contribution in [0.25, 0.3) is 0 Å². The number of hydrazine groups is 1. The quantitative estimate of drug-likeness (QED) is 0.332. The molecule has 0 aromatic carbocycles. The molecular formula is C22H37N3O6. The summed E-state index contributed by atoms with van der Waals surface area (Å²) in [5, 5.41) is 13.0. The molecule has 1 unspecified atom stereocenters. The number of hydrogen-bond acceptors (Lipinski definition) is 6. The summed E-state index contributed by atoms with van der Waals surface area (Å²) in [5.41, 5.74) is 2.58. The lowest BCUT2D eigenvalue weighted by atomic mass is 9.84. The maximum atomic E-state index is 12.7. The molecule has 9 heteroatoms. The third-order valence-corrected chi connectivity index (χ3v) is 5.30. The van der Waals surface area contributed by atoms with Gasteiger partial charge in [-0.25, -0.2) is 5.43 Å². The van der Waals surface area contributed by atoms with E-state index in [0.29, 0.717) is 25.8 Å². The third-order valence-electron chi connectivity index (χ3n) is 5.30. The minimum Gasteiger partial charge on any atom is -0.480 e. The number of nitrogens with one attached hydrogen (secondary N) is 2. The van der Waals surface area contributed by atoms with Gasteiger partial charge in [0.2, 0.25) is 0 Å². The molecule has 3 atom stereocenters. The van der Waals surface area contributed by atoms with E-state index in [1.54, 1.807) is 13.8 Å². The van der Waals surface area contributed by atoms with Crippen LogP contribution in [0.2, 0.25) is 0 Å². The van der Waals surface area contributed by atoms with Gasteiger partial charge in [0, 0.05) is 13.0 Å². The van der Waals surface area contributed by atoms with E-state index >= 15 is 0 Å². The van der Waals surface area contributed by atoms with Crippen LogP contribution in [0.3, 0.4) is 0 Å². The number of nitrogens with zero attached hydrogens (tertiary/aromatic N) is 1. The first-order valence-corrected chi connectivity index (χ1v) is 10.8. The van der Waals surface area contributed by atoms with Crippen molar-refractivity contribution in [1.82, 2.24) is 15.8 Å². The number of hydrogen-bond donors (Lipinski definition) is 3. The van der Waals surface area contributed by atoms with Crippen molar-refractivity contribution in [3.63, 3.8) is 0 Å². The van der Waals surface area contributed by atoms with E-state index < -0.39 is 41.9 Å². The second kappa shape index (κ2) is 11.8. The number of amides is 2. The Balaban J connectivity index is 2.65. The molecule has 1 fully saturated rings. The van der Waals surface area contributed by atoms with Crippen LogP contribution in [-0.2, 0) is 23.9 Å². The van der Waals surface area contributed by atoms with E-state index in [2.05, 4.69) is 17.3 Å². The molecule has 0 aromatic rings. The molecule has 1 heterocycles. The third kappa shape index (κ3) is 8.69. The maximum Gasteiger partial charge on any atom is 0.322 e. The lowest BCUT2D eigenvalue weighted by molar-refractivity contribution is -0.160. The van der Waals surface area contributed by atoms with Gasteiger partial charge in [0.1, 0.15) is 12.1 Å². The van der Waals surface area contributed by atoms with Crippen LogP contribution in [0.1, 0.15) is 66.7 Å². The average Bonchev–Trinajstić information content (AvgIpc) is 2.69. The fourth-order valence-electron chi connectivity index (χ4n) is 3.34. The van der Waals surface area contributed by atoms with Crippen LogP contribution in [0.4, 0.5) is 0 Å². The van der Waals surface area contributed by atoms with Crippen LogP contribution in [-0.4, -0.2) is 58.6 Å². The van der Waals surface area contributed by atoms with Crippen LogP contribution in [0.5, 0.6) is 0 Å². The summed E-state index contributed by atoms with van der Waals surface area (Å²) in [5.74, 6) is -2.78. The highest BCUT2D eigenvalue weighted by atomic mass is 16.5. The van der Waals surface area contributed by atoms with Gasteiger partial charge < -0.3 is 15.2 Å². The highest BCUT2D eigenvalue weighted by Gasteiger charge is 2.33. The van der Waals surface area contributed by atoms with Crippen LogP contribution < -0.4 is 10.7 Å². The van der Waals surface area contributed by atoms with Crippen LogP contribution in [0, 0.1) is 11.3 Å². The molecule has 0 saturated carbocycles. The molecular weight excluding hydrogens is 402 g/mol. The number of esters is 1. The first-order chi connectivity index (χ1) is 14.4. The smallest absolute Gasteiger partial charge is 0.322 e. The Kier molecular flexibility index (Phi) is 10.2. The number of aliphatic carboxylic acids is 1. The Morgan fingerprint density at radius 2 is 1.94 bits per heavy atom. The predicted octanol–water partition coefficient (Wildman–Crippen LogP) is 2.02. The summed E-state index contributed by atoms with van der Waals surface area (Å²) < 4.78 is 5.43. The first kappa shape index (κ1) is 26.6. The molecule has 1 rings (SSSR count). The number of ether oxygens (including phenoxy) is 1. The molecule has 1 aliphatic rings. The Labute approximate surface area is 184 Å². The number of rotatable bonds is 11. The van der Waals surface area contributed by atoms with Crippen molar-refractivity contribution in [2.45, 2.75) is 84.9 Å². The number of allylic oxidation sites excluding steroid dienone is 1. The zero-order valence-electron chi connectivity index (χ0n) is 19.3. The fraction of sp³-hybridized carbons (Fsp3) is 0.727. The Morgan fingerprint density at radius 1 is 1.29 bits per heavy atom. The van der Waals surface area contributed by atoms with Crippen molar-refractivity contribution in [2.24, 2.45) is 11.3 Å². The average molecular weight is 440 g/mol. The molecule has 31 heavy (non-hydrogen) atoms. The molecule has 0 aromatic heterocycles. The zero-order chi connectivity index (χ0) is 23.8. The van der Waals surface area contributed by atoms with Gasteiger partial charge >= 0.3 is 11.9 Å². The SMILES string of the molecule is C=CCC(C)(C)CCC(=O)O[C@H](C(=O)N[C@@H](C)C(=O)N1CCCC(C(=O)O)N1)C(C)C. The van der Waals surface area contributed by atoms with Gasteiger partial charge in [0.05, 0.1) is 0 Å². The van der Waals surface area contributed by atoms with Crippen molar-refractivity contribution >= 4 is 23.8 Å². The molecule has 9 nitrogen and oxygen atoms in total. The molecule has 176 valence electrons. The highest BCUT2D eigenvalue weighted by molar-refractivity contribution is 5.90. The zero-order valence-corrected chi connectivity index (χ0v) is 19.3. The summed E-state index contributed by atoms with van der Waals surface area (Å²) in [6.45, 7) is 13.2. The van der Waals surface area contributed by atoms with Gasteiger partial charge in [-0.05, 0) is 43.9 Å². The Bertz CT molecular complexity index is 676. The number of carbonyl (C=O) groups is 4. The van der Waals surface area contributed by atoms with Gasteiger partial charge in [-0.1, -0.05) is 33.8 Å². The van der Waals surface area contributed by atoms with E-state index in [0.717, 1.165) is 6.42 Å². The Morgan fingerprint density at radius 3 is 2.48 bits per heavy atom. The molecule has 1 saturated heterocycles. The topological polar surface area (TPSA) is 125 Å². The lowest BCUT2D eigenvalue weighted by Crippen LogP contribution is -2.60. The number of carboxylic acid groups (broad SMARTS) is 1. The normalized spacial score (nSPS) is 18.8. The molecule has 2 amide bonds. The summed E-state index contributed by atoms with van der Waals surface area (Å²) in [6, 6.07) is -1.74. The minimum atomic E-state index is -1.03. The maximum absolute atomic E-state index is 12.7. The highest BCUT2D eigenvalue weighted by Crippen LogP contribution is 2.27. The molecule has 0 bridgehead atoms. The first-order valence-electron chi connectivity index (χ1n) is 10.8. The van der Waals surface area contributed by atoms with Crippen molar-refractivity contribution in [2.75, 3.05) is 6.54 Å². The van der Waals surface area contributed by atoms with Crippen LogP contribution in [0.15, 0.2) is 12.7 Å². The standard InChI is InChI=1S/C22H37N3O6/c1-7-11-22(5,6)12-10-17(26)31-18(14(2)3)19(27)23-15(4)20(28)25-13-8-9-16(24-25)21(29)30/h7,14-16,18,24H,1,8-13H2,2-6H3,(H,23,27)(H,29,30)/t15-,16?,18-/m0/s1. The summed E-state index contributed by atoms with van der Waals surface area (Å²) >= 11 is 0. The van der Waals surface area contributed by atoms with Crippen molar-refractivity contribution < 1.29 is 29.0 Å². The molecule has 0 spiro atoms. The second-order valence-corrected chi connectivity index (χ2v) is 9.19. The lowest BCUT2D eigenvalue weighted by Gasteiger charge is -2.34. The van der Waals surface area contributed by atoms with Gasteiger partial charge in [-0.3, -0.25) is 24.2 Å². The predicted molar refractivity (Wildman–Crippen MR) is 116 cm³/mol. The van der Waals surface area contributed by atoms with E-state index in [1.807, 2.05) is 19.9 Å². The van der Waals surface area contributed by atoms with E-state index in [9.17, 15) is 19.2 Å². The Hall–Kier alpha value is -2.42. The molecule has 1 aliphatic heterocycles. The number of carbonyl (C=O) groups excluding carboxylic acids is 3. The molecule has 0 radical (unpaired) electrons. The van der Waals surface area contributed by atoms with Gasteiger partial charge in [-0.2, -0.15) is 0 Å².